The van der Waals surface area contributed by atoms with Gasteiger partial charge in [-0.1, -0.05) is 6.07 Å². The molecule has 3 N–H and O–H groups in total. The second-order valence-electron chi connectivity index (χ2n) is 2.31. The second-order valence-corrected chi connectivity index (χ2v) is 2.31. The third-order valence-electron chi connectivity index (χ3n) is 1.46. The molecule has 5 nitrogen and oxygen atoms in total. The van der Waals surface area contributed by atoms with Crippen LogP contribution in [0.5, 0.6) is 0 Å². The second kappa shape index (κ2) is 3.56. The Morgan fingerprint density at radius 3 is 2.85 bits per heavy atom. The fourth-order valence-electron chi connectivity index (χ4n) is 0.836. The summed E-state index contributed by atoms with van der Waals surface area (Å²) in [5.41, 5.74) is 0.640. The van der Waals surface area contributed by atoms with E-state index in [0.29, 0.717) is 10.6 Å². The number of nitrogens with two attached hydrogens (primary N) is 1. The van der Waals surface area contributed by atoms with Crippen LogP contribution >= 0.6 is 0 Å². The molecular formula is C8H7N3O2. The molecule has 0 unspecified atom stereocenters. The largest absolute Gasteiger partial charge is 0.464 e. The number of benzene rings is 1. The van der Waals surface area contributed by atoms with Crippen LogP contribution in [0, 0.1) is 11.3 Å². The summed E-state index contributed by atoms with van der Waals surface area (Å²) >= 11 is 0. The molecule has 13 heavy (non-hydrogen) atoms. The highest BCUT2D eigenvalue weighted by Gasteiger charge is 2.08. The van der Waals surface area contributed by atoms with Crippen LogP contribution in [0.4, 0.5) is 10.5 Å². The standard InChI is InChI=1S/C8H7N3O2/c9-5-6-2-1-3-7(4-6)11(10)8(12)13/h1-4H,10H2,(H,12,13). The highest BCUT2D eigenvalue weighted by molar-refractivity contribution is 5.84. The van der Waals surface area contributed by atoms with Crippen LogP contribution in [0.25, 0.3) is 0 Å². The average Bonchev–Trinajstić information content (AvgIpc) is 2.16. The van der Waals surface area contributed by atoms with Crippen molar-refractivity contribution in [3.63, 3.8) is 0 Å². The van der Waals surface area contributed by atoms with Crippen molar-refractivity contribution in [3.8, 4) is 6.07 Å². The van der Waals surface area contributed by atoms with Gasteiger partial charge in [-0.3, -0.25) is 0 Å². The lowest BCUT2D eigenvalue weighted by Crippen LogP contribution is -2.35. The third kappa shape index (κ3) is 1.95. The molecule has 0 fully saturated rings. The molecule has 5 heteroatoms. The molecule has 1 aromatic carbocycles. The zero-order valence-electron chi connectivity index (χ0n) is 6.64. The van der Waals surface area contributed by atoms with Crippen LogP contribution in [-0.2, 0) is 0 Å². The Labute approximate surface area is 74.6 Å². The van der Waals surface area contributed by atoms with Gasteiger partial charge < -0.3 is 5.11 Å². The maximum Gasteiger partial charge on any atom is 0.426 e. The number of anilines is 1. The van der Waals surface area contributed by atoms with Crippen LogP contribution < -0.4 is 10.9 Å². The first kappa shape index (κ1) is 9.03. The molecule has 0 aliphatic heterocycles. The maximum atomic E-state index is 10.4. The van der Waals surface area contributed by atoms with E-state index in [1.54, 1.807) is 12.1 Å². The third-order valence-corrected chi connectivity index (χ3v) is 1.46. The summed E-state index contributed by atoms with van der Waals surface area (Å²) in [5.74, 6) is 5.19. The molecule has 0 radical (unpaired) electrons. The van der Waals surface area contributed by atoms with Gasteiger partial charge in [0.1, 0.15) is 0 Å². The lowest BCUT2D eigenvalue weighted by Gasteiger charge is -2.11. The summed E-state index contributed by atoms with van der Waals surface area (Å²) in [6.07, 6.45) is -1.27. The minimum absolute atomic E-state index is 0.270. The number of rotatable bonds is 1. The Balaban J connectivity index is 3.03. The predicted octanol–water partition coefficient (Wildman–Crippen LogP) is 0.916. The van der Waals surface area contributed by atoms with E-state index >= 15 is 0 Å². The number of carbonyl (C=O) groups is 1. The van der Waals surface area contributed by atoms with Crippen molar-refractivity contribution in [1.29, 1.82) is 5.26 Å². The SMILES string of the molecule is N#Cc1cccc(N(N)C(=O)O)c1. The molecule has 0 bridgehead atoms. The molecule has 0 saturated carbocycles. The molecule has 0 spiro atoms. The molecule has 66 valence electrons. The number of nitriles is 1. The van der Waals surface area contributed by atoms with Gasteiger partial charge in [-0.15, -0.1) is 0 Å². The lowest BCUT2D eigenvalue weighted by molar-refractivity contribution is 0.202. The van der Waals surface area contributed by atoms with Gasteiger partial charge in [-0.2, -0.15) is 5.26 Å². The molecule has 0 aliphatic carbocycles. The van der Waals surface area contributed by atoms with Gasteiger partial charge in [0.05, 0.1) is 17.3 Å². The van der Waals surface area contributed by atoms with E-state index in [1.165, 1.54) is 12.1 Å². The molecule has 0 aromatic heterocycles. The van der Waals surface area contributed by atoms with Crippen LogP contribution in [-0.4, -0.2) is 11.2 Å². The zero-order chi connectivity index (χ0) is 9.84. The summed E-state index contributed by atoms with van der Waals surface area (Å²) in [6.45, 7) is 0. The van der Waals surface area contributed by atoms with Crippen LogP contribution in [0.2, 0.25) is 0 Å². The quantitative estimate of drug-likeness (QED) is 0.379. The summed E-state index contributed by atoms with van der Waals surface area (Å²) in [5, 5.41) is 17.6. The Hall–Kier alpha value is -2.06. The Morgan fingerprint density at radius 2 is 2.31 bits per heavy atom. The van der Waals surface area contributed by atoms with Crippen molar-refractivity contribution >= 4 is 11.8 Å². The van der Waals surface area contributed by atoms with E-state index < -0.39 is 6.09 Å². The smallest absolute Gasteiger partial charge is 0.426 e. The van der Waals surface area contributed by atoms with E-state index in [0.717, 1.165) is 0 Å². The van der Waals surface area contributed by atoms with E-state index in [9.17, 15) is 4.79 Å². The van der Waals surface area contributed by atoms with Gasteiger partial charge in [-0.05, 0) is 18.2 Å². The van der Waals surface area contributed by atoms with Gasteiger partial charge in [0.25, 0.3) is 0 Å². The van der Waals surface area contributed by atoms with Gasteiger partial charge in [0.15, 0.2) is 0 Å². The monoisotopic (exact) mass is 177 g/mol. The number of hydrogen-bond acceptors (Lipinski definition) is 3. The molecule has 0 atom stereocenters. The molecule has 0 aliphatic rings. The van der Waals surface area contributed by atoms with Gasteiger partial charge >= 0.3 is 6.09 Å². The molecular weight excluding hydrogens is 170 g/mol. The van der Waals surface area contributed by atoms with Gasteiger partial charge in [0, 0.05) is 0 Å². The average molecular weight is 177 g/mol. The van der Waals surface area contributed by atoms with Crippen molar-refractivity contribution < 1.29 is 9.90 Å². The first-order chi connectivity index (χ1) is 6.15. The van der Waals surface area contributed by atoms with Crippen LogP contribution in [0.15, 0.2) is 24.3 Å². The van der Waals surface area contributed by atoms with E-state index in [4.69, 9.17) is 16.2 Å². The normalized spacial score (nSPS) is 8.92. The highest BCUT2D eigenvalue weighted by Crippen LogP contribution is 2.12. The topological polar surface area (TPSA) is 90.4 Å². The fourth-order valence-corrected chi connectivity index (χ4v) is 0.836. The minimum Gasteiger partial charge on any atom is -0.464 e. The maximum absolute atomic E-state index is 10.4. The van der Waals surface area contributed by atoms with Crippen molar-refractivity contribution in [2.45, 2.75) is 0 Å². The van der Waals surface area contributed by atoms with Crippen molar-refractivity contribution in [2.24, 2.45) is 5.84 Å². The van der Waals surface area contributed by atoms with Gasteiger partial charge in [-0.25, -0.2) is 15.6 Å². The molecule has 1 amide bonds. The summed E-state index contributed by atoms with van der Waals surface area (Å²) in [6, 6.07) is 7.93. The molecule has 1 rings (SSSR count). The number of amides is 1. The molecule has 1 aromatic rings. The number of carboxylic acid groups (broad SMARTS) is 1. The Morgan fingerprint density at radius 1 is 1.62 bits per heavy atom. The van der Waals surface area contributed by atoms with Crippen LogP contribution in [0.3, 0.4) is 0 Å². The van der Waals surface area contributed by atoms with E-state index in [2.05, 4.69) is 0 Å². The van der Waals surface area contributed by atoms with E-state index in [-0.39, 0.29) is 5.69 Å². The first-order valence-corrected chi connectivity index (χ1v) is 3.43. The zero-order valence-corrected chi connectivity index (χ0v) is 6.64. The summed E-state index contributed by atoms with van der Waals surface area (Å²) < 4.78 is 0. The van der Waals surface area contributed by atoms with Crippen LogP contribution in [0.1, 0.15) is 5.56 Å². The summed E-state index contributed by atoms with van der Waals surface area (Å²) in [4.78, 5) is 10.4. The number of nitrogens with zero attached hydrogens (tertiary/aromatic N) is 2. The highest BCUT2D eigenvalue weighted by atomic mass is 16.4. The fraction of sp³-hybridized carbons (Fsp3) is 0. The van der Waals surface area contributed by atoms with Crippen molar-refractivity contribution in [1.82, 2.24) is 0 Å². The Kier molecular flexibility index (Phi) is 2.47. The van der Waals surface area contributed by atoms with E-state index in [1.807, 2.05) is 6.07 Å². The predicted molar refractivity (Wildman–Crippen MR) is 45.8 cm³/mol. The minimum atomic E-state index is -1.27. The summed E-state index contributed by atoms with van der Waals surface area (Å²) in [7, 11) is 0. The van der Waals surface area contributed by atoms with Gasteiger partial charge in [0.2, 0.25) is 0 Å². The molecule has 0 saturated heterocycles. The first-order valence-electron chi connectivity index (χ1n) is 3.43. The number of hydrogen-bond donors (Lipinski definition) is 2. The van der Waals surface area contributed by atoms with Crippen molar-refractivity contribution in [2.75, 3.05) is 5.01 Å². The van der Waals surface area contributed by atoms with Crippen molar-refractivity contribution in [3.05, 3.63) is 29.8 Å². The lowest BCUT2D eigenvalue weighted by atomic mass is 10.2. The number of hydrazine groups is 1. The molecule has 0 heterocycles. The Bertz CT molecular complexity index is 370.